The Balaban J connectivity index is 2.03. The molecule has 0 bridgehead atoms. The molecule has 1 aromatic heterocycles. The molecule has 0 radical (unpaired) electrons. The third-order valence-corrected chi connectivity index (χ3v) is 4.59. The summed E-state index contributed by atoms with van der Waals surface area (Å²) in [5.74, 6) is -1.76. The van der Waals surface area contributed by atoms with E-state index in [4.69, 9.17) is 4.42 Å². The van der Waals surface area contributed by atoms with Crippen LogP contribution in [0, 0.1) is 5.82 Å². The van der Waals surface area contributed by atoms with Crippen LogP contribution < -0.4 is 9.81 Å². The van der Waals surface area contributed by atoms with Crippen LogP contribution >= 0.6 is 0 Å². The van der Waals surface area contributed by atoms with Crippen molar-refractivity contribution in [3.63, 3.8) is 0 Å². The number of rotatable bonds is 3. The van der Waals surface area contributed by atoms with Crippen LogP contribution in [-0.4, -0.2) is 8.42 Å². The Labute approximate surface area is 143 Å². The molecular weight excluding hydrogens is 380 g/mol. The van der Waals surface area contributed by atoms with Gasteiger partial charge in [0.2, 0.25) is 0 Å². The summed E-state index contributed by atoms with van der Waals surface area (Å²) in [4.78, 5) is 9.93. The Hall–Kier alpha value is -2.88. The monoisotopic (exact) mass is 388 g/mol. The molecule has 5 nitrogen and oxygen atoms in total. The van der Waals surface area contributed by atoms with E-state index >= 15 is 0 Å². The number of fused-ring (bicyclic) bond motifs is 1. The molecule has 0 fully saturated rings. The smallest absolute Gasteiger partial charge is 0.416 e. The fourth-order valence-corrected chi connectivity index (χ4v) is 3.16. The van der Waals surface area contributed by atoms with Gasteiger partial charge < -0.3 is 8.60 Å². The molecular formula is C16H8F4O5S. The van der Waals surface area contributed by atoms with Gasteiger partial charge in [-0.1, -0.05) is 0 Å². The highest BCUT2D eigenvalue weighted by molar-refractivity contribution is 7.87. The molecule has 0 N–H and O–H groups in total. The van der Waals surface area contributed by atoms with Crippen molar-refractivity contribution in [1.29, 1.82) is 0 Å². The van der Waals surface area contributed by atoms with E-state index in [-0.39, 0.29) is 17.4 Å². The van der Waals surface area contributed by atoms with Crippen LogP contribution in [0.3, 0.4) is 0 Å². The summed E-state index contributed by atoms with van der Waals surface area (Å²) < 4.78 is 85.9. The molecule has 2 aromatic carbocycles. The van der Waals surface area contributed by atoms with Gasteiger partial charge in [0.05, 0.1) is 5.56 Å². The van der Waals surface area contributed by atoms with Gasteiger partial charge in [0.1, 0.15) is 22.0 Å². The second kappa shape index (κ2) is 6.13. The zero-order valence-electron chi connectivity index (χ0n) is 12.6. The highest BCUT2D eigenvalue weighted by Gasteiger charge is 2.33. The lowest BCUT2D eigenvalue weighted by Gasteiger charge is -2.11. The number of benzene rings is 2. The van der Waals surface area contributed by atoms with Gasteiger partial charge in [-0.25, -0.2) is 9.18 Å². The van der Waals surface area contributed by atoms with E-state index in [1.165, 1.54) is 18.2 Å². The number of alkyl halides is 3. The number of hydrogen-bond donors (Lipinski definition) is 0. The first-order valence-electron chi connectivity index (χ1n) is 6.91. The summed E-state index contributed by atoms with van der Waals surface area (Å²) in [5, 5.41) is 0.458. The van der Waals surface area contributed by atoms with E-state index in [2.05, 4.69) is 4.18 Å². The molecule has 0 unspecified atom stereocenters. The summed E-state index contributed by atoms with van der Waals surface area (Å²) in [6.45, 7) is 0. The van der Waals surface area contributed by atoms with E-state index in [1.54, 1.807) is 0 Å². The van der Waals surface area contributed by atoms with Crippen molar-refractivity contribution in [3.05, 3.63) is 70.3 Å². The first kappa shape index (κ1) is 17.9. The zero-order valence-corrected chi connectivity index (χ0v) is 13.4. The van der Waals surface area contributed by atoms with E-state index in [0.29, 0.717) is 17.5 Å². The number of halogens is 4. The van der Waals surface area contributed by atoms with Gasteiger partial charge in [0.15, 0.2) is 0 Å². The fourth-order valence-electron chi connectivity index (χ4n) is 2.14. The maximum absolute atomic E-state index is 13.8. The first-order valence-corrected chi connectivity index (χ1v) is 8.32. The van der Waals surface area contributed by atoms with Gasteiger partial charge in [-0.2, -0.15) is 21.6 Å². The molecule has 0 spiro atoms. The van der Waals surface area contributed by atoms with Crippen LogP contribution in [0.2, 0.25) is 0 Å². The van der Waals surface area contributed by atoms with Crippen molar-refractivity contribution < 1.29 is 34.6 Å². The number of hydrogen-bond acceptors (Lipinski definition) is 5. The Bertz CT molecular complexity index is 1150. The lowest BCUT2D eigenvalue weighted by molar-refractivity contribution is -0.137. The van der Waals surface area contributed by atoms with Crippen molar-refractivity contribution in [3.8, 4) is 5.75 Å². The highest BCUT2D eigenvalue weighted by Crippen LogP contribution is 2.32. The van der Waals surface area contributed by atoms with Crippen LogP contribution in [0.25, 0.3) is 11.0 Å². The highest BCUT2D eigenvalue weighted by atomic mass is 32.2. The van der Waals surface area contributed by atoms with Gasteiger partial charge in [-0.05, 0) is 36.4 Å². The van der Waals surface area contributed by atoms with Gasteiger partial charge in [-0.3, -0.25) is 0 Å². The summed E-state index contributed by atoms with van der Waals surface area (Å²) >= 11 is 0. The minimum absolute atomic E-state index is 0.00489. The quantitative estimate of drug-likeness (QED) is 0.388. The Morgan fingerprint density at radius 2 is 1.65 bits per heavy atom. The molecule has 3 rings (SSSR count). The average molecular weight is 388 g/mol. The van der Waals surface area contributed by atoms with Crippen molar-refractivity contribution in [2.24, 2.45) is 0 Å². The minimum atomic E-state index is -4.90. The molecule has 3 aromatic rings. The molecule has 0 amide bonds. The largest absolute Gasteiger partial charge is 0.423 e. The van der Waals surface area contributed by atoms with Crippen LogP contribution in [0.1, 0.15) is 5.56 Å². The molecule has 0 aliphatic carbocycles. The predicted octanol–water partition coefficient (Wildman–Crippen LogP) is 3.72. The van der Waals surface area contributed by atoms with Crippen molar-refractivity contribution >= 4 is 21.1 Å². The van der Waals surface area contributed by atoms with Crippen LogP contribution in [-0.2, 0) is 16.3 Å². The third-order valence-electron chi connectivity index (χ3n) is 3.33. The van der Waals surface area contributed by atoms with Crippen LogP contribution in [0.15, 0.2) is 62.6 Å². The third kappa shape index (κ3) is 3.54. The lowest BCUT2D eigenvalue weighted by atomic mass is 10.2. The Kier molecular flexibility index (Phi) is 4.23. The van der Waals surface area contributed by atoms with Crippen molar-refractivity contribution in [1.82, 2.24) is 0 Å². The van der Waals surface area contributed by atoms with E-state index in [0.717, 1.165) is 12.1 Å². The van der Waals surface area contributed by atoms with E-state index in [9.17, 15) is 30.8 Å². The van der Waals surface area contributed by atoms with Gasteiger partial charge >= 0.3 is 21.9 Å². The molecule has 0 saturated heterocycles. The molecule has 0 aliphatic rings. The molecule has 10 heteroatoms. The topological polar surface area (TPSA) is 73.6 Å². The minimum Gasteiger partial charge on any atom is -0.423 e. The van der Waals surface area contributed by atoms with Gasteiger partial charge in [-0.15, -0.1) is 0 Å². The van der Waals surface area contributed by atoms with E-state index < -0.39 is 38.2 Å². The molecule has 26 heavy (non-hydrogen) atoms. The maximum Gasteiger partial charge on any atom is 0.416 e. The summed E-state index contributed by atoms with van der Waals surface area (Å²) in [5.41, 5.74) is -2.04. The SMILES string of the molecule is O=c1ccc2ccc(OS(=O)(=O)c3cc(C(F)(F)F)ccc3F)cc2o1. The summed E-state index contributed by atoms with van der Waals surface area (Å²) in [6.07, 6.45) is -4.86. The standard InChI is InChI=1S/C16H8F4O5S/c17-12-5-3-10(16(18,19)20)7-14(12)26(22,23)25-11-4-1-9-2-6-15(21)24-13(9)8-11/h1-8H. The summed E-state index contributed by atoms with van der Waals surface area (Å²) in [7, 11) is -4.90. The lowest BCUT2D eigenvalue weighted by Crippen LogP contribution is -2.14. The normalized spacial score (nSPS) is 12.3. The molecule has 1 heterocycles. The maximum atomic E-state index is 13.8. The molecule has 0 aliphatic heterocycles. The first-order chi connectivity index (χ1) is 12.1. The Morgan fingerprint density at radius 3 is 2.35 bits per heavy atom. The fraction of sp³-hybridized carbons (Fsp3) is 0.0625. The van der Waals surface area contributed by atoms with E-state index in [1.807, 2.05) is 0 Å². The van der Waals surface area contributed by atoms with Gasteiger partial charge in [0, 0.05) is 17.5 Å². The van der Waals surface area contributed by atoms with Crippen molar-refractivity contribution in [2.75, 3.05) is 0 Å². The second-order valence-electron chi connectivity index (χ2n) is 5.13. The molecule has 0 atom stereocenters. The molecule has 136 valence electrons. The van der Waals surface area contributed by atoms with Gasteiger partial charge in [0.25, 0.3) is 0 Å². The summed E-state index contributed by atoms with van der Waals surface area (Å²) in [6, 6.07) is 7.13. The van der Waals surface area contributed by atoms with Crippen LogP contribution in [0.5, 0.6) is 5.75 Å². The second-order valence-corrected chi connectivity index (χ2v) is 6.65. The van der Waals surface area contributed by atoms with Crippen molar-refractivity contribution in [2.45, 2.75) is 11.1 Å². The Morgan fingerprint density at radius 1 is 0.962 bits per heavy atom. The average Bonchev–Trinajstić information content (AvgIpc) is 2.53. The zero-order chi connectivity index (χ0) is 19.1. The molecule has 0 saturated carbocycles. The predicted molar refractivity (Wildman–Crippen MR) is 81.7 cm³/mol. The van der Waals surface area contributed by atoms with Crippen LogP contribution in [0.4, 0.5) is 17.6 Å².